The SMILES string of the molecule is CCCCN1CCOc2ccccc2CCCCC2(CN(C(=O)c3cnc(C)nc3)CCO2)C1=O. The highest BCUT2D eigenvalue weighted by molar-refractivity contribution is 5.95. The summed E-state index contributed by atoms with van der Waals surface area (Å²) >= 11 is 0. The molecule has 4 rings (SSSR count). The number of nitrogens with zero attached hydrogens (tertiary/aromatic N) is 4. The highest BCUT2D eigenvalue weighted by Gasteiger charge is 2.46. The summed E-state index contributed by atoms with van der Waals surface area (Å²) in [6.45, 7) is 6.45. The molecule has 8 nitrogen and oxygen atoms in total. The van der Waals surface area contributed by atoms with Crippen LogP contribution in [-0.4, -0.2) is 76.6 Å². The third kappa shape index (κ3) is 5.99. The van der Waals surface area contributed by atoms with E-state index in [2.05, 4.69) is 23.0 Å². The van der Waals surface area contributed by atoms with Gasteiger partial charge in [-0.3, -0.25) is 9.59 Å². The number of aromatic nitrogens is 2. The Hall–Kier alpha value is -3.00. The summed E-state index contributed by atoms with van der Waals surface area (Å²) in [4.78, 5) is 39.2. The molecule has 0 aliphatic carbocycles. The molecule has 1 aromatic heterocycles. The number of hydrogen-bond acceptors (Lipinski definition) is 6. The zero-order valence-electron chi connectivity index (χ0n) is 20.9. The highest BCUT2D eigenvalue weighted by Crippen LogP contribution is 2.30. The third-order valence-electron chi connectivity index (χ3n) is 6.83. The van der Waals surface area contributed by atoms with E-state index in [0.717, 1.165) is 37.9 Å². The molecule has 8 heteroatoms. The summed E-state index contributed by atoms with van der Waals surface area (Å²) < 4.78 is 12.4. The molecular weight excluding hydrogens is 444 g/mol. The van der Waals surface area contributed by atoms with E-state index in [1.165, 1.54) is 5.56 Å². The predicted octanol–water partition coefficient (Wildman–Crippen LogP) is 3.43. The number of hydrogen-bond donors (Lipinski definition) is 0. The van der Waals surface area contributed by atoms with Gasteiger partial charge in [0.05, 0.1) is 25.3 Å². The second kappa shape index (κ2) is 11.6. The van der Waals surface area contributed by atoms with Crippen LogP contribution in [0.5, 0.6) is 5.75 Å². The molecule has 2 aliphatic rings. The van der Waals surface area contributed by atoms with E-state index < -0.39 is 5.60 Å². The number of unbranched alkanes of at least 4 members (excludes halogenated alkanes) is 1. The minimum atomic E-state index is -1.05. The van der Waals surface area contributed by atoms with Crippen molar-refractivity contribution < 1.29 is 19.1 Å². The zero-order chi connectivity index (χ0) is 24.7. The van der Waals surface area contributed by atoms with Crippen LogP contribution in [-0.2, 0) is 16.0 Å². The minimum Gasteiger partial charge on any atom is -0.491 e. The van der Waals surface area contributed by atoms with Crippen LogP contribution in [0.1, 0.15) is 60.8 Å². The quantitative estimate of drug-likeness (QED) is 0.667. The first-order valence-corrected chi connectivity index (χ1v) is 12.7. The second-order valence-corrected chi connectivity index (χ2v) is 9.40. The fourth-order valence-corrected chi connectivity index (χ4v) is 4.83. The van der Waals surface area contributed by atoms with Crippen LogP contribution in [0.25, 0.3) is 0 Å². The Morgan fingerprint density at radius 3 is 2.71 bits per heavy atom. The van der Waals surface area contributed by atoms with Gasteiger partial charge in [-0.1, -0.05) is 31.5 Å². The minimum absolute atomic E-state index is 0.0407. The van der Waals surface area contributed by atoms with E-state index in [-0.39, 0.29) is 18.4 Å². The maximum absolute atomic E-state index is 14.0. The van der Waals surface area contributed by atoms with Crippen molar-refractivity contribution in [2.45, 2.75) is 58.0 Å². The van der Waals surface area contributed by atoms with Crippen molar-refractivity contribution in [2.24, 2.45) is 0 Å². The summed E-state index contributed by atoms with van der Waals surface area (Å²) in [6, 6.07) is 8.14. The molecular formula is C27H36N4O4. The maximum atomic E-state index is 14.0. The Bertz CT molecular complexity index is 1010. The van der Waals surface area contributed by atoms with Gasteiger partial charge in [0.25, 0.3) is 11.8 Å². The lowest BCUT2D eigenvalue weighted by molar-refractivity contribution is -0.170. The summed E-state index contributed by atoms with van der Waals surface area (Å²) in [5, 5.41) is 0. The van der Waals surface area contributed by atoms with E-state index in [1.807, 2.05) is 23.1 Å². The topological polar surface area (TPSA) is 84.9 Å². The number of aryl methyl sites for hydroxylation is 2. The first-order chi connectivity index (χ1) is 17.0. The maximum Gasteiger partial charge on any atom is 0.257 e. The van der Waals surface area contributed by atoms with Gasteiger partial charge in [0, 0.05) is 25.5 Å². The van der Waals surface area contributed by atoms with Crippen molar-refractivity contribution in [1.29, 1.82) is 0 Å². The number of rotatable bonds is 4. The highest BCUT2D eigenvalue weighted by atomic mass is 16.5. The average molecular weight is 481 g/mol. The molecule has 2 amide bonds. The molecule has 35 heavy (non-hydrogen) atoms. The van der Waals surface area contributed by atoms with Gasteiger partial charge in [-0.05, 0) is 50.7 Å². The molecule has 1 fully saturated rings. The van der Waals surface area contributed by atoms with Crippen molar-refractivity contribution in [3.05, 3.63) is 53.6 Å². The van der Waals surface area contributed by atoms with Crippen LogP contribution in [0.3, 0.4) is 0 Å². The molecule has 1 aromatic carbocycles. The van der Waals surface area contributed by atoms with E-state index in [1.54, 1.807) is 24.2 Å². The first kappa shape index (κ1) is 25.1. The van der Waals surface area contributed by atoms with Gasteiger partial charge < -0.3 is 19.3 Å². The average Bonchev–Trinajstić information content (AvgIpc) is 2.88. The van der Waals surface area contributed by atoms with E-state index in [9.17, 15) is 9.59 Å². The number of carbonyl (C=O) groups excluding carboxylic acids is 2. The van der Waals surface area contributed by atoms with Crippen LogP contribution in [0.4, 0.5) is 0 Å². The molecule has 3 heterocycles. The molecule has 1 saturated heterocycles. The van der Waals surface area contributed by atoms with Gasteiger partial charge in [0.2, 0.25) is 0 Å². The van der Waals surface area contributed by atoms with Crippen molar-refractivity contribution in [3.8, 4) is 5.75 Å². The zero-order valence-corrected chi connectivity index (χ0v) is 20.9. The number of carbonyl (C=O) groups is 2. The Morgan fingerprint density at radius 2 is 1.91 bits per heavy atom. The first-order valence-electron chi connectivity index (χ1n) is 12.7. The van der Waals surface area contributed by atoms with Crippen LogP contribution < -0.4 is 4.74 Å². The molecule has 0 bridgehead atoms. The smallest absolute Gasteiger partial charge is 0.257 e. The monoisotopic (exact) mass is 480 g/mol. The van der Waals surface area contributed by atoms with Crippen LogP contribution in [0.2, 0.25) is 0 Å². The number of fused-ring (bicyclic) bond motifs is 1. The van der Waals surface area contributed by atoms with Crippen LogP contribution >= 0.6 is 0 Å². The van der Waals surface area contributed by atoms with Gasteiger partial charge in [-0.2, -0.15) is 0 Å². The normalized spacial score (nSPS) is 21.6. The number of para-hydroxylation sites is 1. The molecule has 2 aromatic rings. The van der Waals surface area contributed by atoms with Crippen molar-refractivity contribution in [3.63, 3.8) is 0 Å². The standard InChI is InChI=1S/C27H36N4O4/c1-3-4-13-30-14-16-34-24-11-6-5-9-22(24)10-7-8-12-27(26(30)33)20-31(15-17-35-27)25(32)23-18-28-21(2)29-19-23/h5-6,9,11,18-19H,3-4,7-8,10,12-17,20H2,1-2H3. The predicted molar refractivity (Wildman–Crippen MR) is 132 cm³/mol. The Morgan fingerprint density at radius 1 is 1.11 bits per heavy atom. The van der Waals surface area contributed by atoms with Gasteiger partial charge in [0.15, 0.2) is 5.60 Å². The Balaban J connectivity index is 1.58. The number of amides is 2. The molecule has 0 radical (unpaired) electrons. The molecule has 1 atom stereocenters. The van der Waals surface area contributed by atoms with Gasteiger partial charge in [0.1, 0.15) is 18.2 Å². The largest absolute Gasteiger partial charge is 0.491 e. The summed E-state index contributed by atoms with van der Waals surface area (Å²) in [5.41, 5.74) is 0.571. The van der Waals surface area contributed by atoms with E-state index in [4.69, 9.17) is 9.47 Å². The second-order valence-electron chi connectivity index (χ2n) is 9.40. The number of benzene rings is 1. The molecule has 0 saturated carbocycles. The molecule has 1 spiro atoms. The molecule has 2 aliphatic heterocycles. The lowest BCUT2D eigenvalue weighted by Gasteiger charge is -2.44. The summed E-state index contributed by atoms with van der Waals surface area (Å²) in [7, 11) is 0. The lowest BCUT2D eigenvalue weighted by atomic mass is 9.90. The lowest BCUT2D eigenvalue weighted by Crippen LogP contribution is -2.62. The summed E-state index contributed by atoms with van der Waals surface area (Å²) in [6.07, 6.45) is 8.18. The fourth-order valence-electron chi connectivity index (χ4n) is 4.83. The van der Waals surface area contributed by atoms with Crippen molar-refractivity contribution in [2.75, 3.05) is 39.4 Å². The van der Waals surface area contributed by atoms with Crippen molar-refractivity contribution in [1.82, 2.24) is 19.8 Å². The Kier molecular flexibility index (Phi) is 8.33. The van der Waals surface area contributed by atoms with Crippen LogP contribution in [0, 0.1) is 6.92 Å². The van der Waals surface area contributed by atoms with E-state index >= 15 is 0 Å². The van der Waals surface area contributed by atoms with Crippen LogP contribution in [0.15, 0.2) is 36.7 Å². The van der Waals surface area contributed by atoms with Gasteiger partial charge in [-0.15, -0.1) is 0 Å². The third-order valence-corrected chi connectivity index (χ3v) is 6.83. The molecule has 1 unspecified atom stereocenters. The summed E-state index contributed by atoms with van der Waals surface area (Å²) in [5.74, 6) is 1.31. The van der Waals surface area contributed by atoms with Gasteiger partial charge >= 0.3 is 0 Å². The van der Waals surface area contributed by atoms with E-state index in [0.29, 0.717) is 50.7 Å². The molecule has 0 N–H and O–H groups in total. The Labute approximate surface area is 207 Å². The molecule has 188 valence electrons. The van der Waals surface area contributed by atoms with Crippen molar-refractivity contribution >= 4 is 11.8 Å². The number of morpholine rings is 1. The van der Waals surface area contributed by atoms with Gasteiger partial charge in [-0.25, -0.2) is 9.97 Å². The fraction of sp³-hybridized carbons (Fsp3) is 0.556. The number of ether oxygens (including phenoxy) is 2.